The van der Waals surface area contributed by atoms with Crippen molar-refractivity contribution in [1.82, 2.24) is 24.7 Å². The molecule has 8 nitrogen and oxygen atoms in total. The monoisotopic (exact) mass is 517 g/mol. The van der Waals surface area contributed by atoms with Crippen LogP contribution in [0.25, 0.3) is 5.57 Å². The minimum absolute atomic E-state index is 0.111. The zero-order valence-electron chi connectivity index (χ0n) is 17.6. The van der Waals surface area contributed by atoms with E-state index in [1.807, 2.05) is 17.0 Å². The number of amides is 2. The van der Waals surface area contributed by atoms with E-state index in [-0.39, 0.29) is 20.1 Å². The number of halogens is 2. The third-order valence-electron chi connectivity index (χ3n) is 5.83. The van der Waals surface area contributed by atoms with Crippen LogP contribution in [0.2, 0.25) is 9.36 Å². The number of aromatic nitrogens is 2. The van der Waals surface area contributed by atoms with E-state index in [2.05, 4.69) is 27.0 Å². The molecule has 4 rings (SSSR count). The summed E-state index contributed by atoms with van der Waals surface area (Å²) in [6.45, 7) is 2.31. The Hall–Kier alpha value is -1.59. The summed E-state index contributed by atoms with van der Waals surface area (Å²) < 4.78 is 28.9. The van der Waals surface area contributed by atoms with Crippen molar-refractivity contribution in [3.05, 3.63) is 39.0 Å². The summed E-state index contributed by atoms with van der Waals surface area (Å²) in [5.74, 6) is 0. The summed E-state index contributed by atoms with van der Waals surface area (Å²) in [4.78, 5) is 14.5. The van der Waals surface area contributed by atoms with Crippen LogP contribution in [0.1, 0.15) is 43.0 Å². The maximum atomic E-state index is 12.3. The predicted molar refractivity (Wildman–Crippen MR) is 127 cm³/mol. The average molecular weight is 518 g/mol. The van der Waals surface area contributed by atoms with Gasteiger partial charge < -0.3 is 10.2 Å². The molecule has 3 heterocycles. The van der Waals surface area contributed by atoms with Crippen LogP contribution >= 0.6 is 34.5 Å². The third-order valence-corrected chi connectivity index (χ3v) is 9.50. The van der Waals surface area contributed by atoms with Crippen molar-refractivity contribution in [2.45, 2.75) is 42.4 Å². The lowest BCUT2D eigenvalue weighted by Gasteiger charge is -2.31. The largest absolute Gasteiger partial charge is 0.334 e. The van der Waals surface area contributed by atoms with Crippen LogP contribution in [0.3, 0.4) is 0 Å². The lowest BCUT2D eigenvalue weighted by atomic mass is 9.92. The van der Waals surface area contributed by atoms with Gasteiger partial charge in [0.05, 0.1) is 23.0 Å². The predicted octanol–water partition coefficient (Wildman–Crippen LogP) is 3.93. The number of sulfonamides is 1. The molecule has 2 aromatic heterocycles. The molecule has 1 saturated heterocycles. The maximum absolute atomic E-state index is 12.3. The van der Waals surface area contributed by atoms with Crippen LogP contribution < -0.4 is 10.0 Å². The second-order valence-corrected chi connectivity index (χ2v) is 12.1. The van der Waals surface area contributed by atoms with E-state index in [4.69, 9.17) is 23.2 Å². The number of nitrogens with zero attached hydrogens (tertiary/aromatic N) is 3. The second-order valence-electron chi connectivity index (χ2n) is 8.08. The Morgan fingerprint density at radius 1 is 1.31 bits per heavy atom. The molecule has 0 unspecified atom stereocenters. The molecule has 0 bridgehead atoms. The van der Waals surface area contributed by atoms with Crippen LogP contribution in [0.15, 0.2) is 22.5 Å². The second kappa shape index (κ2) is 9.72. The first-order valence-corrected chi connectivity index (χ1v) is 13.5. The highest BCUT2D eigenvalue weighted by Gasteiger charge is 2.26. The van der Waals surface area contributed by atoms with Gasteiger partial charge in [0.1, 0.15) is 8.55 Å². The van der Waals surface area contributed by atoms with Gasteiger partial charge in [-0.25, -0.2) is 17.9 Å². The molecule has 0 spiro atoms. The molecule has 2 aliphatic rings. The van der Waals surface area contributed by atoms with Gasteiger partial charge in [0.25, 0.3) is 10.0 Å². The lowest BCUT2D eigenvalue weighted by molar-refractivity contribution is 0.211. The summed E-state index contributed by atoms with van der Waals surface area (Å²) in [6, 6.07) is 0.796. The number of aryl methyl sites for hydroxylation is 1. The van der Waals surface area contributed by atoms with E-state index >= 15 is 0 Å². The number of urea groups is 1. The molecule has 12 heteroatoms. The van der Waals surface area contributed by atoms with Crippen molar-refractivity contribution >= 4 is 56.2 Å². The van der Waals surface area contributed by atoms with E-state index in [0.29, 0.717) is 6.04 Å². The highest BCUT2D eigenvalue weighted by atomic mass is 35.5. The molecule has 174 valence electrons. The van der Waals surface area contributed by atoms with Crippen LogP contribution in [0.5, 0.6) is 0 Å². The quantitative estimate of drug-likeness (QED) is 0.626. The summed E-state index contributed by atoms with van der Waals surface area (Å²) in [6.07, 6.45) is 8.97. The number of carbonyl (C=O) groups excluding carboxylic acids is 1. The van der Waals surface area contributed by atoms with Crippen molar-refractivity contribution in [2.75, 3.05) is 26.7 Å². The average Bonchev–Trinajstić information content (AvgIpc) is 3.33. The normalized spacial score (nSPS) is 19.2. The molecular weight excluding hydrogens is 493 g/mol. The minimum Gasteiger partial charge on any atom is -0.334 e. The van der Waals surface area contributed by atoms with Gasteiger partial charge in [0.2, 0.25) is 0 Å². The number of fused-ring (bicyclic) bond motifs is 1. The molecular formula is C20H25Cl2N5O3S2. The summed E-state index contributed by atoms with van der Waals surface area (Å²) in [5, 5.41) is 7.43. The fourth-order valence-corrected chi connectivity index (χ4v) is 6.98. The van der Waals surface area contributed by atoms with Crippen molar-refractivity contribution in [3.8, 4) is 0 Å². The number of hydrogen-bond donors (Lipinski definition) is 2. The Balaban J connectivity index is 1.41. The van der Waals surface area contributed by atoms with Crippen LogP contribution in [-0.4, -0.2) is 55.8 Å². The number of allylic oxidation sites excluding steroid dienone is 1. The third kappa shape index (κ3) is 5.14. The Kier molecular flexibility index (Phi) is 7.16. The number of likely N-dealkylation sites (tertiary alicyclic amines) is 1. The number of rotatable bonds is 5. The minimum atomic E-state index is -4.03. The van der Waals surface area contributed by atoms with Crippen molar-refractivity contribution < 1.29 is 13.2 Å². The number of piperidine rings is 1. The van der Waals surface area contributed by atoms with Gasteiger partial charge in [0, 0.05) is 6.54 Å². The molecule has 1 aliphatic heterocycles. The van der Waals surface area contributed by atoms with Crippen LogP contribution in [0.4, 0.5) is 4.79 Å². The molecule has 0 aromatic carbocycles. The first-order chi connectivity index (χ1) is 15.2. The smallest absolute Gasteiger partial charge is 0.328 e. The van der Waals surface area contributed by atoms with Gasteiger partial charge in [-0.3, -0.25) is 4.68 Å². The van der Waals surface area contributed by atoms with E-state index in [1.54, 1.807) is 0 Å². The highest BCUT2D eigenvalue weighted by molar-refractivity contribution is 7.92. The van der Waals surface area contributed by atoms with Gasteiger partial charge in [-0.05, 0) is 69.4 Å². The molecule has 1 fully saturated rings. The molecule has 0 atom stereocenters. The standard InChI is InChI=1S/C20H25Cl2N5O3S2/c1-26-9-6-15(7-10-26)27-18-13(3-2-4-14(18)12-24-27)5-8-23-20(28)25-32(29,30)17-11-16(21)19(22)31-17/h5,11-12,15H,2-4,6-10H2,1H3,(H2,23,25,28)/b13-5+. The topological polar surface area (TPSA) is 96.3 Å². The number of hydrogen-bond acceptors (Lipinski definition) is 6. The molecule has 2 aromatic rings. The van der Waals surface area contributed by atoms with Gasteiger partial charge >= 0.3 is 6.03 Å². The Bertz CT molecular complexity index is 1110. The highest BCUT2D eigenvalue weighted by Crippen LogP contribution is 2.35. The maximum Gasteiger partial charge on any atom is 0.328 e. The number of nitrogens with one attached hydrogen (secondary N) is 2. The number of carbonyl (C=O) groups is 1. The van der Waals surface area contributed by atoms with E-state index in [9.17, 15) is 13.2 Å². The molecule has 0 radical (unpaired) electrons. The van der Waals surface area contributed by atoms with Gasteiger partial charge in [-0.1, -0.05) is 29.3 Å². The zero-order chi connectivity index (χ0) is 22.9. The SMILES string of the molecule is CN1CCC(n2ncc3c2/C(=C/CNC(=O)NS(=O)(=O)c2cc(Cl)c(Cl)s2)CCC3)CC1. The van der Waals surface area contributed by atoms with Crippen molar-refractivity contribution in [1.29, 1.82) is 0 Å². The first-order valence-electron chi connectivity index (χ1n) is 10.4. The van der Waals surface area contributed by atoms with E-state index < -0.39 is 16.1 Å². The summed E-state index contributed by atoms with van der Waals surface area (Å²) in [7, 11) is -1.90. The zero-order valence-corrected chi connectivity index (χ0v) is 20.7. The molecule has 1 aliphatic carbocycles. The lowest BCUT2D eigenvalue weighted by Crippen LogP contribution is -2.39. The van der Waals surface area contributed by atoms with Gasteiger partial charge in [0.15, 0.2) is 0 Å². The molecule has 0 saturated carbocycles. The molecule has 2 N–H and O–H groups in total. The first kappa shape index (κ1) is 23.6. The van der Waals surface area contributed by atoms with Crippen molar-refractivity contribution in [3.63, 3.8) is 0 Å². The van der Waals surface area contributed by atoms with Gasteiger partial charge in [-0.2, -0.15) is 5.10 Å². The Morgan fingerprint density at radius 3 is 2.75 bits per heavy atom. The Morgan fingerprint density at radius 2 is 2.06 bits per heavy atom. The Labute approximate surface area is 201 Å². The summed E-state index contributed by atoms with van der Waals surface area (Å²) >= 11 is 12.4. The van der Waals surface area contributed by atoms with Crippen LogP contribution in [0, 0.1) is 0 Å². The van der Waals surface area contributed by atoms with Crippen LogP contribution in [-0.2, 0) is 16.4 Å². The van der Waals surface area contributed by atoms with E-state index in [0.717, 1.165) is 67.8 Å². The molecule has 32 heavy (non-hydrogen) atoms. The summed E-state index contributed by atoms with van der Waals surface area (Å²) in [5.41, 5.74) is 3.53. The fourth-order valence-electron chi connectivity index (χ4n) is 4.17. The molecule has 2 amide bonds. The van der Waals surface area contributed by atoms with Crippen molar-refractivity contribution in [2.24, 2.45) is 0 Å². The fraction of sp³-hybridized carbons (Fsp3) is 0.500. The van der Waals surface area contributed by atoms with Gasteiger partial charge in [-0.15, -0.1) is 11.3 Å². The number of thiophene rings is 1. The van der Waals surface area contributed by atoms with E-state index in [1.165, 1.54) is 11.6 Å².